The molecule has 8 nitrogen and oxygen atoms in total. The van der Waals surface area contributed by atoms with Crippen LogP contribution in [0.3, 0.4) is 0 Å². The van der Waals surface area contributed by atoms with Crippen molar-refractivity contribution in [3.05, 3.63) is 47.4 Å². The number of aryl methyl sites for hydroxylation is 2. The molecule has 2 aromatic heterocycles. The molecular weight excluding hydrogens is 394 g/mol. The van der Waals surface area contributed by atoms with Gasteiger partial charge in [0.2, 0.25) is 5.91 Å². The molecule has 1 aromatic carbocycles. The van der Waals surface area contributed by atoms with Crippen LogP contribution >= 0.6 is 0 Å². The van der Waals surface area contributed by atoms with Gasteiger partial charge < -0.3 is 9.64 Å². The summed E-state index contributed by atoms with van der Waals surface area (Å²) in [7, 11) is 3.41. The SMILES string of the molecule is COc1ccc(C)cc1C(=O)CCC(=O)N1CCC[C@@H](c2nn(C)c3nccnc23)C1. The van der Waals surface area contributed by atoms with E-state index < -0.39 is 0 Å². The van der Waals surface area contributed by atoms with Crippen LogP contribution in [0.5, 0.6) is 5.75 Å². The molecule has 3 aromatic rings. The van der Waals surface area contributed by atoms with Crippen molar-refractivity contribution in [3.8, 4) is 5.75 Å². The Labute approximate surface area is 181 Å². The standard InChI is InChI=1S/C23H27N5O3/c1-15-6-8-19(31-3)17(13-15)18(29)7-9-20(30)28-12-4-5-16(14-28)21-22-23(27(2)26-21)25-11-10-24-22/h6,8,10-11,13,16H,4-5,7,9,12,14H2,1-3H3/t16-/m1/s1. The Bertz CT molecular complexity index is 1120. The average Bonchev–Trinajstić information content (AvgIpc) is 3.14. The number of ketones is 1. The van der Waals surface area contributed by atoms with Crippen LogP contribution in [0.4, 0.5) is 0 Å². The third-order valence-corrected chi connectivity index (χ3v) is 5.87. The highest BCUT2D eigenvalue weighted by molar-refractivity contribution is 6.00. The number of methoxy groups -OCH3 is 1. The predicted octanol–water partition coefficient (Wildman–Crippen LogP) is 3.05. The maximum atomic E-state index is 12.9. The first kappa shape index (κ1) is 21.0. The van der Waals surface area contributed by atoms with Gasteiger partial charge in [0.1, 0.15) is 11.3 Å². The third-order valence-electron chi connectivity index (χ3n) is 5.87. The van der Waals surface area contributed by atoms with Crippen LogP contribution in [0, 0.1) is 6.92 Å². The summed E-state index contributed by atoms with van der Waals surface area (Å²) in [4.78, 5) is 36.3. The number of hydrogen-bond acceptors (Lipinski definition) is 6. The van der Waals surface area contributed by atoms with Crippen molar-refractivity contribution in [2.24, 2.45) is 7.05 Å². The molecule has 0 unspecified atom stereocenters. The van der Waals surface area contributed by atoms with E-state index in [2.05, 4.69) is 15.1 Å². The number of ether oxygens (including phenoxy) is 1. The number of Topliss-reactive ketones (excluding diaryl/α,β-unsaturated/α-hetero) is 1. The fourth-order valence-electron chi connectivity index (χ4n) is 4.26. The van der Waals surface area contributed by atoms with Gasteiger partial charge in [-0.3, -0.25) is 9.59 Å². The molecule has 0 N–H and O–H groups in total. The van der Waals surface area contributed by atoms with Crippen molar-refractivity contribution in [1.82, 2.24) is 24.6 Å². The first-order valence-electron chi connectivity index (χ1n) is 10.6. The molecular formula is C23H27N5O3. The lowest BCUT2D eigenvalue weighted by Crippen LogP contribution is -2.39. The maximum Gasteiger partial charge on any atom is 0.223 e. The van der Waals surface area contributed by atoms with E-state index in [4.69, 9.17) is 4.74 Å². The molecule has 4 rings (SSSR count). The first-order chi connectivity index (χ1) is 15.0. The number of carbonyl (C=O) groups is 2. The highest BCUT2D eigenvalue weighted by Crippen LogP contribution is 2.30. The lowest BCUT2D eigenvalue weighted by Gasteiger charge is -2.32. The highest BCUT2D eigenvalue weighted by atomic mass is 16.5. The van der Waals surface area contributed by atoms with Crippen LogP contribution in [0.15, 0.2) is 30.6 Å². The molecule has 1 aliphatic heterocycles. The monoisotopic (exact) mass is 421 g/mol. The van der Waals surface area contributed by atoms with Gasteiger partial charge in [-0.2, -0.15) is 5.10 Å². The third kappa shape index (κ3) is 4.28. The lowest BCUT2D eigenvalue weighted by atomic mass is 9.93. The molecule has 3 heterocycles. The zero-order valence-electron chi connectivity index (χ0n) is 18.2. The Kier molecular flexibility index (Phi) is 5.97. The van der Waals surface area contributed by atoms with Crippen LogP contribution in [0.25, 0.3) is 11.2 Å². The van der Waals surface area contributed by atoms with Crippen LogP contribution in [0.1, 0.15) is 53.2 Å². The van der Waals surface area contributed by atoms with Gasteiger partial charge in [0.05, 0.1) is 18.4 Å². The Morgan fingerprint density at radius 2 is 2.00 bits per heavy atom. The zero-order valence-corrected chi connectivity index (χ0v) is 18.2. The molecule has 1 saturated heterocycles. The Morgan fingerprint density at radius 3 is 2.81 bits per heavy atom. The van der Waals surface area contributed by atoms with Crippen molar-refractivity contribution in [1.29, 1.82) is 0 Å². The zero-order chi connectivity index (χ0) is 22.0. The van der Waals surface area contributed by atoms with Crippen molar-refractivity contribution in [3.63, 3.8) is 0 Å². The van der Waals surface area contributed by atoms with Crippen LogP contribution < -0.4 is 4.74 Å². The van der Waals surface area contributed by atoms with Gasteiger partial charge in [-0.1, -0.05) is 11.6 Å². The molecule has 0 radical (unpaired) electrons. The minimum Gasteiger partial charge on any atom is -0.496 e. The minimum absolute atomic E-state index is 0.00371. The summed E-state index contributed by atoms with van der Waals surface area (Å²) in [5.74, 6) is 0.583. The van der Waals surface area contributed by atoms with E-state index in [1.165, 1.54) is 0 Å². The van der Waals surface area contributed by atoms with E-state index in [9.17, 15) is 9.59 Å². The van der Waals surface area contributed by atoms with Crippen LogP contribution in [0.2, 0.25) is 0 Å². The second-order valence-electron chi connectivity index (χ2n) is 8.04. The molecule has 1 amide bonds. The lowest BCUT2D eigenvalue weighted by molar-refractivity contribution is -0.132. The van der Waals surface area contributed by atoms with Crippen molar-refractivity contribution in [2.75, 3.05) is 20.2 Å². The molecule has 0 bridgehead atoms. The van der Waals surface area contributed by atoms with E-state index >= 15 is 0 Å². The number of hydrogen-bond donors (Lipinski definition) is 0. The highest BCUT2D eigenvalue weighted by Gasteiger charge is 2.29. The molecule has 31 heavy (non-hydrogen) atoms. The van der Waals surface area contributed by atoms with E-state index in [0.717, 1.165) is 35.3 Å². The van der Waals surface area contributed by atoms with Crippen LogP contribution in [-0.2, 0) is 11.8 Å². The summed E-state index contributed by atoms with van der Waals surface area (Å²) in [5.41, 5.74) is 3.96. The molecule has 1 aliphatic rings. The number of likely N-dealkylation sites (tertiary alicyclic amines) is 1. The van der Waals surface area contributed by atoms with Crippen molar-refractivity contribution >= 4 is 22.9 Å². The topological polar surface area (TPSA) is 90.2 Å². The number of carbonyl (C=O) groups excluding carboxylic acids is 2. The first-order valence-corrected chi connectivity index (χ1v) is 10.6. The van der Waals surface area contributed by atoms with Gasteiger partial charge in [0, 0.05) is 51.3 Å². The molecule has 1 atom stereocenters. The Balaban J connectivity index is 1.42. The molecule has 0 saturated carbocycles. The van der Waals surface area contributed by atoms with Gasteiger partial charge in [-0.05, 0) is 31.9 Å². The normalized spacial score (nSPS) is 16.5. The molecule has 162 valence electrons. The largest absolute Gasteiger partial charge is 0.496 e. The number of rotatable bonds is 6. The summed E-state index contributed by atoms with van der Waals surface area (Å²) < 4.78 is 7.05. The number of fused-ring (bicyclic) bond motifs is 1. The van der Waals surface area contributed by atoms with Gasteiger partial charge >= 0.3 is 0 Å². The van der Waals surface area contributed by atoms with E-state index in [-0.39, 0.29) is 30.4 Å². The number of aromatic nitrogens is 4. The number of benzene rings is 1. The quantitative estimate of drug-likeness (QED) is 0.568. The average molecular weight is 422 g/mol. The smallest absolute Gasteiger partial charge is 0.223 e. The van der Waals surface area contributed by atoms with Gasteiger partial charge in [0.25, 0.3) is 0 Å². The van der Waals surface area contributed by atoms with Crippen LogP contribution in [-0.4, -0.2) is 56.5 Å². The number of piperidine rings is 1. The Hall–Kier alpha value is -3.29. The summed E-state index contributed by atoms with van der Waals surface area (Å²) in [6.45, 7) is 3.22. The molecule has 1 fully saturated rings. The van der Waals surface area contributed by atoms with E-state index in [1.807, 2.05) is 31.0 Å². The van der Waals surface area contributed by atoms with E-state index in [1.54, 1.807) is 30.3 Å². The van der Waals surface area contributed by atoms with Crippen molar-refractivity contribution < 1.29 is 14.3 Å². The summed E-state index contributed by atoms with van der Waals surface area (Å²) in [6, 6.07) is 5.51. The number of nitrogens with zero attached hydrogens (tertiary/aromatic N) is 5. The minimum atomic E-state index is -0.0755. The second-order valence-corrected chi connectivity index (χ2v) is 8.04. The van der Waals surface area contributed by atoms with Gasteiger partial charge in [-0.25, -0.2) is 14.6 Å². The maximum absolute atomic E-state index is 12.9. The molecule has 0 spiro atoms. The van der Waals surface area contributed by atoms with Gasteiger partial charge in [-0.15, -0.1) is 0 Å². The van der Waals surface area contributed by atoms with E-state index in [0.29, 0.717) is 24.4 Å². The van der Waals surface area contributed by atoms with Crippen molar-refractivity contribution in [2.45, 2.75) is 38.5 Å². The number of amides is 1. The summed E-state index contributed by atoms with van der Waals surface area (Å²) >= 11 is 0. The Morgan fingerprint density at radius 1 is 1.19 bits per heavy atom. The molecule has 8 heteroatoms. The molecule has 0 aliphatic carbocycles. The fraction of sp³-hybridized carbons (Fsp3) is 0.435. The predicted molar refractivity (Wildman–Crippen MR) is 116 cm³/mol. The summed E-state index contributed by atoms with van der Waals surface area (Å²) in [6.07, 6.45) is 5.53. The summed E-state index contributed by atoms with van der Waals surface area (Å²) in [5, 5.41) is 4.63. The second kappa shape index (κ2) is 8.83. The fourth-order valence-corrected chi connectivity index (χ4v) is 4.26. The van der Waals surface area contributed by atoms with Gasteiger partial charge in [0.15, 0.2) is 11.4 Å².